The van der Waals surface area contributed by atoms with Gasteiger partial charge in [0.25, 0.3) is 0 Å². The minimum absolute atomic E-state index is 0.133. The molecular formula is C9H11NO4. The van der Waals surface area contributed by atoms with Gasteiger partial charge >= 0.3 is 5.69 Å². The molecule has 0 aliphatic heterocycles. The van der Waals surface area contributed by atoms with Crippen molar-refractivity contribution in [3.63, 3.8) is 0 Å². The Morgan fingerprint density at radius 3 is 2.64 bits per heavy atom. The van der Waals surface area contributed by atoms with Crippen LogP contribution in [-0.2, 0) is 0 Å². The first-order valence-corrected chi connectivity index (χ1v) is 4.06. The number of nitro groups is 1. The second-order valence-electron chi connectivity index (χ2n) is 2.86. The van der Waals surface area contributed by atoms with Crippen molar-refractivity contribution >= 4 is 5.69 Å². The van der Waals surface area contributed by atoms with Crippen LogP contribution in [0.2, 0.25) is 0 Å². The summed E-state index contributed by atoms with van der Waals surface area (Å²) in [4.78, 5) is 10.1. The largest absolute Gasteiger partial charge is 0.490 e. The molecule has 5 heteroatoms. The smallest absolute Gasteiger partial charge is 0.311 e. The first-order chi connectivity index (χ1) is 6.56. The Labute approximate surface area is 81.1 Å². The van der Waals surface area contributed by atoms with Gasteiger partial charge in [0, 0.05) is 6.07 Å². The molecular weight excluding hydrogens is 186 g/mol. The van der Waals surface area contributed by atoms with Crippen LogP contribution in [0.1, 0.15) is 18.6 Å². The summed E-state index contributed by atoms with van der Waals surface area (Å²) in [6.07, 6.45) is -0.723. The molecule has 0 aliphatic carbocycles. The molecule has 1 atom stereocenters. The summed E-state index contributed by atoms with van der Waals surface area (Å²) >= 11 is 0. The molecule has 0 radical (unpaired) electrons. The molecule has 0 aromatic heterocycles. The van der Waals surface area contributed by atoms with E-state index >= 15 is 0 Å². The molecule has 76 valence electrons. The van der Waals surface area contributed by atoms with E-state index in [1.54, 1.807) is 13.0 Å². The van der Waals surface area contributed by atoms with Crippen LogP contribution >= 0.6 is 0 Å². The van der Waals surface area contributed by atoms with Gasteiger partial charge in [0.05, 0.1) is 18.1 Å². The molecule has 0 heterocycles. The maximum absolute atomic E-state index is 10.6. The number of aliphatic hydroxyl groups excluding tert-OH is 1. The Bertz CT molecular complexity index is 349. The van der Waals surface area contributed by atoms with Gasteiger partial charge in [-0.2, -0.15) is 0 Å². The van der Waals surface area contributed by atoms with Crippen LogP contribution in [0.25, 0.3) is 0 Å². The highest BCUT2D eigenvalue weighted by Gasteiger charge is 2.16. The first-order valence-electron chi connectivity index (χ1n) is 4.06. The van der Waals surface area contributed by atoms with Crippen molar-refractivity contribution in [2.24, 2.45) is 0 Å². The third kappa shape index (κ3) is 2.00. The molecule has 0 aliphatic rings. The van der Waals surface area contributed by atoms with E-state index < -0.39 is 11.0 Å². The molecule has 0 saturated heterocycles. The van der Waals surface area contributed by atoms with Crippen molar-refractivity contribution in [2.75, 3.05) is 7.11 Å². The standard InChI is InChI=1S/C9H11NO4/c1-6(11)7-3-4-9(14-2)8(5-7)10(12)13/h3-6,11H,1-2H3/t6-/m1/s1. The predicted molar refractivity (Wildman–Crippen MR) is 50.3 cm³/mol. The lowest BCUT2D eigenvalue weighted by molar-refractivity contribution is -0.385. The maximum Gasteiger partial charge on any atom is 0.311 e. The summed E-state index contributed by atoms with van der Waals surface area (Å²) in [6.45, 7) is 1.55. The Kier molecular flexibility index (Phi) is 3.03. The predicted octanol–water partition coefficient (Wildman–Crippen LogP) is 1.66. The molecule has 0 fully saturated rings. The second-order valence-corrected chi connectivity index (χ2v) is 2.86. The molecule has 0 saturated carbocycles. The SMILES string of the molecule is COc1ccc([C@@H](C)O)cc1[N+](=O)[O-]. The summed E-state index contributed by atoms with van der Waals surface area (Å²) < 4.78 is 4.82. The highest BCUT2D eigenvalue weighted by Crippen LogP contribution is 2.29. The quantitative estimate of drug-likeness (QED) is 0.590. The van der Waals surface area contributed by atoms with Crippen LogP contribution in [0.15, 0.2) is 18.2 Å². The highest BCUT2D eigenvalue weighted by atomic mass is 16.6. The highest BCUT2D eigenvalue weighted by molar-refractivity contribution is 5.49. The van der Waals surface area contributed by atoms with Gasteiger partial charge < -0.3 is 9.84 Å². The van der Waals surface area contributed by atoms with Crippen LogP contribution in [0.5, 0.6) is 5.75 Å². The van der Waals surface area contributed by atoms with E-state index in [2.05, 4.69) is 0 Å². The van der Waals surface area contributed by atoms with Gasteiger partial charge in [-0.05, 0) is 18.6 Å². The zero-order valence-corrected chi connectivity index (χ0v) is 7.93. The fraction of sp³-hybridized carbons (Fsp3) is 0.333. The monoisotopic (exact) mass is 197 g/mol. The van der Waals surface area contributed by atoms with Crippen molar-refractivity contribution < 1.29 is 14.8 Å². The molecule has 0 spiro atoms. The third-order valence-corrected chi connectivity index (χ3v) is 1.88. The fourth-order valence-corrected chi connectivity index (χ4v) is 1.11. The number of hydrogen-bond donors (Lipinski definition) is 1. The second kappa shape index (κ2) is 4.06. The van der Waals surface area contributed by atoms with Gasteiger partial charge in [-0.15, -0.1) is 0 Å². The maximum atomic E-state index is 10.6. The summed E-state index contributed by atoms with van der Waals surface area (Å²) in [6, 6.07) is 4.38. The van der Waals surface area contributed by atoms with Gasteiger partial charge in [-0.3, -0.25) is 10.1 Å². The van der Waals surface area contributed by atoms with Crippen LogP contribution < -0.4 is 4.74 Å². The third-order valence-electron chi connectivity index (χ3n) is 1.88. The van der Waals surface area contributed by atoms with Gasteiger partial charge in [-0.25, -0.2) is 0 Å². The Morgan fingerprint density at radius 1 is 1.57 bits per heavy atom. The molecule has 1 aromatic carbocycles. The van der Waals surface area contributed by atoms with E-state index in [0.717, 1.165) is 0 Å². The number of benzene rings is 1. The molecule has 0 unspecified atom stereocenters. The minimum atomic E-state index is -0.723. The number of hydrogen-bond acceptors (Lipinski definition) is 4. The molecule has 1 aromatic rings. The number of nitrogens with zero attached hydrogens (tertiary/aromatic N) is 1. The lowest BCUT2D eigenvalue weighted by atomic mass is 10.1. The average Bonchev–Trinajstić information content (AvgIpc) is 2.16. The van der Waals surface area contributed by atoms with Crippen molar-refractivity contribution in [3.8, 4) is 5.75 Å². The Balaban J connectivity index is 3.21. The lowest BCUT2D eigenvalue weighted by Crippen LogP contribution is -1.97. The first kappa shape index (κ1) is 10.5. The Hall–Kier alpha value is -1.62. The normalized spacial score (nSPS) is 12.2. The summed E-state index contributed by atoms with van der Waals surface area (Å²) in [5.41, 5.74) is 0.364. The van der Waals surface area contributed by atoms with E-state index in [0.29, 0.717) is 5.56 Å². The molecule has 0 bridgehead atoms. The molecule has 1 rings (SSSR count). The topological polar surface area (TPSA) is 72.6 Å². The molecule has 14 heavy (non-hydrogen) atoms. The summed E-state index contributed by atoms with van der Waals surface area (Å²) in [7, 11) is 1.37. The Morgan fingerprint density at radius 2 is 2.21 bits per heavy atom. The number of aliphatic hydroxyl groups is 1. The zero-order valence-electron chi connectivity index (χ0n) is 7.93. The van der Waals surface area contributed by atoms with Crippen molar-refractivity contribution in [3.05, 3.63) is 33.9 Å². The van der Waals surface area contributed by atoms with Crippen molar-refractivity contribution in [2.45, 2.75) is 13.0 Å². The molecule has 0 amide bonds. The van der Waals surface area contributed by atoms with Gasteiger partial charge in [-0.1, -0.05) is 6.07 Å². The van der Waals surface area contributed by atoms with Crippen LogP contribution in [0.4, 0.5) is 5.69 Å². The number of methoxy groups -OCH3 is 1. The summed E-state index contributed by atoms with van der Waals surface area (Å²) in [5, 5.41) is 19.8. The van der Waals surface area contributed by atoms with E-state index in [1.807, 2.05) is 0 Å². The van der Waals surface area contributed by atoms with Crippen molar-refractivity contribution in [1.82, 2.24) is 0 Å². The molecule has 5 nitrogen and oxygen atoms in total. The van der Waals surface area contributed by atoms with Crippen LogP contribution in [-0.4, -0.2) is 17.1 Å². The van der Waals surface area contributed by atoms with E-state index in [-0.39, 0.29) is 11.4 Å². The van der Waals surface area contributed by atoms with E-state index in [9.17, 15) is 15.2 Å². The van der Waals surface area contributed by atoms with E-state index in [4.69, 9.17) is 4.74 Å². The summed E-state index contributed by atoms with van der Waals surface area (Å²) in [5.74, 6) is 0.194. The number of ether oxygens (including phenoxy) is 1. The fourth-order valence-electron chi connectivity index (χ4n) is 1.11. The number of nitro benzene ring substituents is 1. The van der Waals surface area contributed by atoms with Gasteiger partial charge in [0.2, 0.25) is 0 Å². The van der Waals surface area contributed by atoms with Crippen LogP contribution in [0.3, 0.4) is 0 Å². The minimum Gasteiger partial charge on any atom is -0.490 e. The van der Waals surface area contributed by atoms with Gasteiger partial charge in [0.15, 0.2) is 5.75 Å². The number of rotatable bonds is 3. The molecule has 1 N–H and O–H groups in total. The zero-order chi connectivity index (χ0) is 10.7. The lowest BCUT2D eigenvalue weighted by Gasteiger charge is -2.06. The van der Waals surface area contributed by atoms with Crippen molar-refractivity contribution in [1.29, 1.82) is 0 Å². The van der Waals surface area contributed by atoms with Crippen LogP contribution in [0, 0.1) is 10.1 Å². The average molecular weight is 197 g/mol. The van der Waals surface area contributed by atoms with E-state index in [1.165, 1.54) is 19.2 Å². The van der Waals surface area contributed by atoms with Gasteiger partial charge in [0.1, 0.15) is 0 Å².